The lowest BCUT2D eigenvalue weighted by molar-refractivity contribution is -0.119. The number of hydrogen-bond donors (Lipinski definition) is 2. The fourth-order valence-corrected chi connectivity index (χ4v) is 4.22. The maximum absolute atomic E-state index is 13.9. The van der Waals surface area contributed by atoms with Crippen LogP contribution in [0.4, 0.5) is 21.8 Å². The van der Waals surface area contributed by atoms with E-state index in [-0.39, 0.29) is 5.91 Å². The number of hydrogen-bond acceptors (Lipinski definition) is 5. The minimum atomic E-state index is -0.571. The summed E-state index contributed by atoms with van der Waals surface area (Å²) in [4.78, 5) is 23.7. The minimum absolute atomic E-state index is 0.0988. The highest BCUT2D eigenvalue weighted by Crippen LogP contribution is 2.58. The van der Waals surface area contributed by atoms with Crippen molar-refractivity contribution in [1.82, 2.24) is 15.3 Å². The molecule has 1 amide bonds. The van der Waals surface area contributed by atoms with Gasteiger partial charge in [-0.3, -0.25) is 9.69 Å². The lowest BCUT2D eigenvalue weighted by Gasteiger charge is -2.24. The van der Waals surface area contributed by atoms with Crippen molar-refractivity contribution in [3.05, 3.63) is 40.8 Å². The van der Waals surface area contributed by atoms with E-state index in [1.165, 1.54) is 23.1 Å². The first kappa shape index (κ1) is 16.9. The topological polar surface area (TPSA) is 70.2 Å². The zero-order chi connectivity index (χ0) is 18.6. The Kier molecular flexibility index (Phi) is 3.84. The number of benzene rings is 1. The third-order valence-corrected chi connectivity index (χ3v) is 6.00. The SMILES string of the molecule is O=C1N(c2cc(F)ccc2Cl)c2nc(NC3CCNCC3)ncc2C12CC2. The summed E-state index contributed by atoms with van der Waals surface area (Å²) in [6, 6.07) is 4.33. The van der Waals surface area contributed by atoms with Crippen LogP contribution in [0.5, 0.6) is 0 Å². The maximum Gasteiger partial charge on any atom is 0.243 e. The Morgan fingerprint density at radius 3 is 2.81 bits per heavy atom. The molecule has 2 aliphatic heterocycles. The van der Waals surface area contributed by atoms with Crippen LogP contribution in [-0.2, 0) is 10.2 Å². The maximum atomic E-state index is 13.9. The molecule has 1 saturated heterocycles. The number of rotatable bonds is 3. The van der Waals surface area contributed by atoms with Crippen LogP contribution in [0, 0.1) is 5.82 Å². The van der Waals surface area contributed by atoms with Gasteiger partial charge in [-0.1, -0.05) is 11.6 Å². The number of amides is 1. The number of anilines is 3. The molecule has 27 heavy (non-hydrogen) atoms. The Labute approximate surface area is 161 Å². The normalized spacial score (nSPS) is 20.8. The molecule has 0 atom stereocenters. The predicted octanol–water partition coefficient (Wildman–Crippen LogP) is 3.14. The number of carbonyl (C=O) groups is 1. The average Bonchev–Trinajstić information content (AvgIpc) is 3.43. The van der Waals surface area contributed by atoms with E-state index in [4.69, 9.17) is 11.6 Å². The Bertz CT molecular complexity index is 926. The summed E-state index contributed by atoms with van der Waals surface area (Å²) in [5, 5.41) is 7.01. The van der Waals surface area contributed by atoms with Crippen molar-refractivity contribution < 1.29 is 9.18 Å². The fraction of sp³-hybridized carbons (Fsp3) is 0.421. The van der Waals surface area contributed by atoms with E-state index in [9.17, 15) is 9.18 Å². The number of halogens is 2. The van der Waals surface area contributed by atoms with Crippen LogP contribution in [0.2, 0.25) is 5.02 Å². The summed E-state index contributed by atoms with van der Waals surface area (Å²) in [6.07, 6.45) is 5.23. The Balaban J connectivity index is 1.56. The molecule has 8 heteroatoms. The van der Waals surface area contributed by atoms with Gasteiger partial charge in [0.2, 0.25) is 11.9 Å². The van der Waals surface area contributed by atoms with Gasteiger partial charge in [0.05, 0.1) is 16.1 Å². The molecule has 3 heterocycles. The summed E-state index contributed by atoms with van der Waals surface area (Å²) >= 11 is 6.29. The second-order valence-corrected chi connectivity index (χ2v) is 7.83. The molecule has 1 spiro atoms. The van der Waals surface area contributed by atoms with Crippen LogP contribution < -0.4 is 15.5 Å². The quantitative estimate of drug-likeness (QED) is 0.846. The van der Waals surface area contributed by atoms with Crippen molar-refractivity contribution in [2.75, 3.05) is 23.3 Å². The average molecular weight is 388 g/mol. The number of piperidine rings is 1. The Hall–Kier alpha value is -2.25. The molecule has 0 bridgehead atoms. The summed E-state index contributed by atoms with van der Waals surface area (Å²) in [5.41, 5.74) is 0.569. The van der Waals surface area contributed by atoms with Crippen molar-refractivity contribution >= 4 is 35.0 Å². The van der Waals surface area contributed by atoms with Gasteiger partial charge < -0.3 is 10.6 Å². The number of nitrogens with zero attached hydrogens (tertiary/aromatic N) is 3. The molecular weight excluding hydrogens is 369 g/mol. The first-order chi connectivity index (χ1) is 13.1. The van der Waals surface area contributed by atoms with Crippen LogP contribution in [0.3, 0.4) is 0 Å². The van der Waals surface area contributed by atoms with Crippen molar-refractivity contribution in [3.8, 4) is 0 Å². The summed E-state index contributed by atoms with van der Waals surface area (Å²) in [5.74, 6) is 0.459. The van der Waals surface area contributed by atoms with Gasteiger partial charge in [-0.2, -0.15) is 4.98 Å². The third-order valence-electron chi connectivity index (χ3n) is 5.68. The molecule has 2 N–H and O–H groups in total. The molecule has 3 aliphatic rings. The Morgan fingerprint density at radius 1 is 1.30 bits per heavy atom. The molecular formula is C19H19ClFN5O. The standard InChI is InChI=1S/C19H19ClFN5O/c20-14-2-1-11(21)9-15(14)26-16-13(19(5-6-19)17(26)27)10-23-18(25-16)24-12-3-7-22-8-4-12/h1-2,9-10,12,22H,3-8H2,(H,23,24,25). The van der Waals surface area contributed by atoms with Crippen LogP contribution in [-0.4, -0.2) is 35.0 Å². The van der Waals surface area contributed by atoms with Gasteiger partial charge in [0.25, 0.3) is 0 Å². The number of nitrogens with one attached hydrogen (secondary N) is 2. The van der Waals surface area contributed by atoms with Crippen LogP contribution in [0.25, 0.3) is 0 Å². The lowest BCUT2D eigenvalue weighted by Crippen LogP contribution is -2.35. The molecule has 1 aromatic carbocycles. The summed E-state index contributed by atoms with van der Waals surface area (Å²) in [6.45, 7) is 1.91. The highest BCUT2D eigenvalue weighted by molar-refractivity contribution is 6.34. The molecule has 1 aromatic heterocycles. The van der Waals surface area contributed by atoms with E-state index < -0.39 is 11.2 Å². The van der Waals surface area contributed by atoms with Crippen molar-refractivity contribution in [1.29, 1.82) is 0 Å². The van der Waals surface area contributed by atoms with Crippen molar-refractivity contribution in [2.24, 2.45) is 0 Å². The second kappa shape index (κ2) is 6.14. The van der Waals surface area contributed by atoms with Crippen molar-refractivity contribution in [2.45, 2.75) is 37.1 Å². The highest BCUT2D eigenvalue weighted by atomic mass is 35.5. The fourth-order valence-electron chi connectivity index (χ4n) is 4.01. The largest absolute Gasteiger partial charge is 0.351 e. The number of carbonyl (C=O) groups excluding carboxylic acids is 1. The smallest absolute Gasteiger partial charge is 0.243 e. The zero-order valence-corrected chi connectivity index (χ0v) is 15.4. The van der Waals surface area contributed by atoms with Crippen LogP contribution in [0.1, 0.15) is 31.2 Å². The lowest BCUT2D eigenvalue weighted by atomic mass is 10.0. The van der Waals surface area contributed by atoms with Gasteiger partial charge in [-0.15, -0.1) is 0 Å². The predicted molar refractivity (Wildman–Crippen MR) is 101 cm³/mol. The van der Waals surface area contributed by atoms with Gasteiger partial charge in [0.1, 0.15) is 11.6 Å². The van der Waals surface area contributed by atoms with Crippen molar-refractivity contribution in [3.63, 3.8) is 0 Å². The third kappa shape index (κ3) is 2.68. The van der Waals surface area contributed by atoms with E-state index >= 15 is 0 Å². The summed E-state index contributed by atoms with van der Waals surface area (Å²) in [7, 11) is 0. The number of aromatic nitrogens is 2. The van der Waals surface area contributed by atoms with Crippen LogP contribution in [0.15, 0.2) is 24.4 Å². The molecule has 2 fully saturated rings. The molecule has 0 unspecified atom stereocenters. The first-order valence-electron chi connectivity index (χ1n) is 9.23. The molecule has 6 nitrogen and oxygen atoms in total. The molecule has 5 rings (SSSR count). The van der Waals surface area contributed by atoms with Gasteiger partial charge in [-0.05, 0) is 57.0 Å². The van der Waals surface area contributed by atoms with Gasteiger partial charge in [-0.25, -0.2) is 9.37 Å². The summed E-state index contributed by atoms with van der Waals surface area (Å²) < 4.78 is 13.9. The molecule has 140 valence electrons. The van der Waals surface area contributed by atoms with E-state index in [1.54, 1.807) is 6.20 Å². The molecule has 0 radical (unpaired) electrons. The van der Waals surface area contributed by atoms with Gasteiger partial charge >= 0.3 is 0 Å². The van der Waals surface area contributed by atoms with Crippen LogP contribution >= 0.6 is 11.6 Å². The molecule has 1 saturated carbocycles. The molecule has 1 aliphatic carbocycles. The van der Waals surface area contributed by atoms with E-state index in [0.717, 1.165) is 44.3 Å². The zero-order valence-electron chi connectivity index (χ0n) is 14.6. The van der Waals surface area contributed by atoms with E-state index in [1.807, 2.05) is 0 Å². The monoisotopic (exact) mass is 387 g/mol. The van der Waals surface area contributed by atoms with E-state index in [2.05, 4.69) is 20.6 Å². The van der Waals surface area contributed by atoms with Gasteiger partial charge in [0.15, 0.2) is 0 Å². The van der Waals surface area contributed by atoms with Gasteiger partial charge in [0, 0.05) is 17.8 Å². The minimum Gasteiger partial charge on any atom is -0.351 e. The second-order valence-electron chi connectivity index (χ2n) is 7.42. The first-order valence-corrected chi connectivity index (χ1v) is 9.61. The number of fused-ring (bicyclic) bond motifs is 2. The van der Waals surface area contributed by atoms with E-state index in [0.29, 0.717) is 28.5 Å². The molecule has 2 aromatic rings. The Morgan fingerprint density at radius 2 is 2.07 bits per heavy atom. The highest BCUT2D eigenvalue weighted by Gasteiger charge is 2.61.